The third-order valence-electron chi connectivity index (χ3n) is 2.20. The minimum atomic E-state index is -0.402. The molecule has 0 unspecified atom stereocenters. The number of hydrogen-bond acceptors (Lipinski definition) is 4. The highest BCUT2D eigenvalue weighted by atomic mass is 35.5. The first kappa shape index (κ1) is 10.7. The highest BCUT2D eigenvalue weighted by Gasteiger charge is 2.10. The van der Waals surface area contributed by atoms with Crippen LogP contribution in [0.4, 0.5) is 0 Å². The van der Waals surface area contributed by atoms with Gasteiger partial charge < -0.3 is 9.15 Å². The average molecular weight is 239 g/mol. The van der Waals surface area contributed by atoms with Crippen LogP contribution in [0.3, 0.4) is 0 Å². The lowest BCUT2D eigenvalue weighted by molar-refractivity contribution is 0.112. The minimum Gasteiger partial charge on any atom is -0.495 e. The van der Waals surface area contributed by atoms with Gasteiger partial charge in [0.15, 0.2) is 6.29 Å². The molecule has 0 aliphatic carbocycles. The molecule has 2 aromatic rings. The maximum absolute atomic E-state index is 11.7. The van der Waals surface area contributed by atoms with Crippen molar-refractivity contribution in [2.45, 2.75) is 0 Å². The summed E-state index contributed by atoms with van der Waals surface area (Å²) in [4.78, 5) is 22.3. The predicted octanol–water partition coefficient (Wildman–Crippen LogP) is 2.27. The molecule has 0 bridgehead atoms. The van der Waals surface area contributed by atoms with Crippen LogP contribution < -0.4 is 10.2 Å². The second kappa shape index (κ2) is 3.98. The molecular formula is C11H7ClO4. The van der Waals surface area contributed by atoms with Crippen LogP contribution >= 0.6 is 11.6 Å². The molecule has 4 nitrogen and oxygen atoms in total. The smallest absolute Gasteiger partial charge is 0.203 e. The molecule has 0 radical (unpaired) electrons. The Labute approximate surface area is 95.4 Å². The van der Waals surface area contributed by atoms with Gasteiger partial charge in [-0.1, -0.05) is 11.6 Å². The van der Waals surface area contributed by atoms with E-state index in [-0.39, 0.29) is 10.9 Å². The van der Waals surface area contributed by atoms with Gasteiger partial charge in [-0.25, -0.2) is 0 Å². The Hall–Kier alpha value is -1.81. The van der Waals surface area contributed by atoms with Crippen molar-refractivity contribution < 1.29 is 13.9 Å². The van der Waals surface area contributed by atoms with Gasteiger partial charge in [-0.2, -0.15) is 0 Å². The maximum Gasteiger partial charge on any atom is 0.203 e. The fourth-order valence-electron chi connectivity index (χ4n) is 1.38. The van der Waals surface area contributed by atoms with Gasteiger partial charge in [-0.15, -0.1) is 0 Å². The summed E-state index contributed by atoms with van der Waals surface area (Å²) in [6.45, 7) is 0. The van der Waals surface area contributed by atoms with Crippen molar-refractivity contribution in [3.63, 3.8) is 0 Å². The highest BCUT2D eigenvalue weighted by molar-refractivity contribution is 6.32. The summed E-state index contributed by atoms with van der Waals surface area (Å²) in [6.07, 6.45) is 1.56. The van der Waals surface area contributed by atoms with Gasteiger partial charge in [-0.05, 0) is 6.07 Å². The Morgan fingerprint density at radius 1 is 1.44 bits per heavy atom. The molecule has 1 aromatic carbocycles. The Kier molecular flexibility index (Phi) is 2.66. The van der Waals surface area contributed by atoms with Gasteiger partial charge in [0.1, 0.15) is 17.6 Å². The molecule has 0 spiro atoms. The lowest BCUT2D eigenvalue weighted by Gasteiger charge is -2.04. The summed E-state index contributed by atoms with van der Waals surface area (Å²) >= 11 is 5.88. The lowest BCUT2D eigenvalue weighted by Crippen LogP contribution is -2.07. The first-order chi connectivity index (χ1) is 7.67. The van der Waals surface area contributed by atoms with Gasteiger partial charge in [0, 0.05) is 6.07 Å². The molecule has 5 heteroatoms. The molecule has 1 heterocycles. The van der Waals surface area contributed by atoms with Crippen molar-refractivity contribution in [1.82, 2.24) is 0 Å². The van der Waals surface area contributed by atoms with E-state index in [0.717, 1.165) is 6.26 Å². The summed E-state index contributed by atoms with van der Waals surface area (Å²) in [5.74, 6) is 0.413. The number of ether oxygens (including phenoxy) is 1. The second-order valence-corrected chi connectivity index (χ2v) is 3.53. The topological polar surface area (TPSA) is 56.5 Å². The van der Waals surface area contributed by atoms with Crippen LogP contribution in [-0.4, -0.2) is 13.4 Å². The fourth-order valence-corrected chi connectivity index (χ4v) is 1.62. The number of halogens is 1. The maximum atomic E-state index is 11.7. The quantitative estimate of drug-likeness (QED) is 0.753. The second-order valence-electron chi connectivity index (χ2n) is 3.12. The fraction of sp³-hybridized carbons (Fsp3) is 0.0909. The molecule has 2 rings (SSSR count). The van der Waals surface area contributed by atoms with Crippen LogP contribution in [-0.2, 0) is 0 Å². The SMILES string of the molecule is COc1cc2occ(C=O)c(=O)c2cc1Cl. The zero-order valence-corrected chi connectivity index (χ0v) is 9.08. The van der Waals surface area contributed by atoms with Crippen LogP contribution in [0.5, 0.6) is 5.75 Å². The Morgan fingerprint density at radius 3 is 2.81 bits per heavy atom. The number of benzene rings is 1. The largest absolute Gasteiger partial charge is 0.495 e. The summed E-state index contributed by atoms with van der Waals surface area (Å²) in [7, 11) is 1.46. The van der Waals surface area contributed by atoms with E-state index in [0.29, 0.717) is 22.6 Å². The predicted molar refractivity (Wildman–Crippen MR) is 59.4 cm³/mol. The first-order valence-corrected chi connectivity index (χ1v) is 4.79. The molecule has 0 saturated carbocycles. The van der Waals surface area contributed by atoms with Crippen molar-refractivity contribution >= 4 is 28.9 Å². The van der Waals surface area contributed by atoms with E-state index in [4.69, 9.17) is 20.8 Å². The molecule has 0 fully saturated rings. The summed E-state index contributed by atoms with van der Waals surface area (Å²) in [5, 5.41) is 0.556. The molecule has 0 N–H and O–H groups in total. The number of rotatable bonds is 2. The van der Waals surface area contributed by atoms with E-state index in [1.165, 1.54) is 19.2 Å². The number of aldehydes is 1. The third kappa shape index (κ3) is 1.57. The van der Waals surface area contributed by atoms with E-state index in [2.05, 4.69) is 0 Å². The first-order valence-electron chi connectivity index (χ1n) is 4.41. The van der Waals surface area contributed by atoms with Crippen molar-refractivity contribution in [2.75, 3.05) is 7.11 Å². The van der Waals surface area contributed by atoms with E-state index in [1.807, 2.05) is 0 Å². The van der Waals surface area contributed by atoms with Gasteiger partial charge in [0.2, 0.25) is 5.43 Å². The van der Waals surface area contributed by atoms with E-state index in [1.54, 1.807) is 0 Å². The van der Waals surface area contributed by atoms with E-state index in [9.17, 15) is 9.59 Å². The summed E-state index contributed by atoms with van der Waals surface area (Å²) in [6, 6.07) is 2.93. The van der Waals surface area contributed by atoms with Crippen LogP contribution in [0, 0.1) is 0 Å². The summed E-state index contributed by atoms with van der Waals surface area (Å²) in [5.41, 5.74) is -0.105. The molecule has 16 heavy (non-hydrogen) atoms. The molecule has 0 aliphatic rings. The van der Waals surface area contributed by atoms with Crippen molar-refractivity contribution in [2.24, 2.45) is 0 Å². The van der Waals surface area contributed by atoms with Crippen LogP contribution in [0.2, 0.25) is 5.02 Å². The average Bonchev–Trinajstić information content (AvgIpc) is 2.30. The molecule has 1 aromatic heterocycles. The Morgan fingerprint density at radius 2 is 2.19 bits per heavy atom. The minimum absolute atomic E-state index is 0.0336. The van der Waals surface area contributed by atoms with Crippen LogP contribution in [0.1, 0.15) is 10.4 Å². The van der Waals surface area contributed by atoms with Crippen LogP contribution in [0.15, 0.2) is 27.6 Å². The zero-order chi connectivity index (χ0) is 11.7. The Bertz CT molecular complexity index is 615. The van der Waals surface area contributed by atoms with Crippen molar-refractivity contribution in [1.29, 1.82) is 0 Å². The Balaban J connectivity index is 2.86. The molecule has 82 valence electrons. The summed E-state index contributed by atoms with van der Waals surface area (Å²) < 4.78 is 10.1. The monoisotopic (exact) mass is 238 g/mol. The van der Waals surface area contributed by atoms with E-state index >= 15 is 0 Å². The number of carbonyl (C=O) groups excluding carboxylic acids is 1. The molecule has 0 aliphatic heterocycles. The highest BCUT2D eigenvalue weighted by Crippen LogP contribution is 2.28. The number of carbonyl (C=O) groups is 1. The van der Waals surface area contributed by atoms with Crippen molar-refractivity contribution in [3.05, 3.63) is 39.2 Å². The van der Waals surface area contributed by atoms with Crippen LogP contribution in [0.25, 0.3) is 11.0 Å². The van der Waals surface area contributed by atoms with Gasteiger partial charge in [-0.3, -0.25) is 9.59 Å². The number of hydrogen-bond donors (Lipinski definition) is 0. The zero-order valence-electron chi connectivity index (χ0n) is 8.32. The van der Waals surface area contributed by atoms with Crippen molar-refractivity contribution in [3.8, 4) is 5.75 Å². The molecular weight excluding hydrogens is 232 g/mol. The number of fused-ring (bicyclic) bond motifs is 1. The molecule has 0 atom stereocenters. The molecule has 0 amide bonds. The lowest BCUT2D eigenvalue weighted by atomic mass is 10.2. The third-order valence-corrected chi connectivity index (χ3v) is 2.50. The molecule has 0 saturated heterocycles. The van der Waals surface area contributed by atoms with Gasteiger partial charge >= 0.3 is 0 Å². The van der Waals surface area contributed by atoms with Gasteiger partial charge in [0.25, 0.3) is 0 Å². The van der Waals surface area contributed by atoms with E-state index < -0.39 is 5.43 Å². The standard InChI is InChI=1S/C11H7ClO4/c1-15-10-3-9-7(2-8(10)12)11(14)6(4-13)5-16-9/h2-5H,1H3. The number of methoxy groups -OCH3 is 1. The van der Waals surface area contributed by atoms with Gasteiger partial charge in [0.05, 0.1) is 23.1 Å². The normalized spacial score (nSPS) is 10.4.